The highest BCUT2D eigenvalue weighted by atomic mass is 16.6. The molecule has 0 amide bonds. The van der Waals surface area contributed by atoms with Gasteiger partial charge in [-0.3, -0.25) is 9.59 Å². The Balaban J connectivity index is 0. The Hall–Kier alpha value is -1.59. The molecule has 0 aromatic carbocycles. The third kappa shape index (κ3) is 29.0. The summed E-state index contributed by atoms with van der Waals surface area (Å²) in [5.74, 6) is -2.81. The summed E-state index contributed by atoms with van der Waals surface area (Å²) in [7, 11) is 0. The topological polar surface area (TPSA) is 171 Å². The molecule has 10 nitrogen and oxygen atoms in total. The van der Waals surface area contributed by atoms with Gasteiger partial charge in [0, 0.05) is 6.42 Å². The first-order valence-corrected chi connectivity index (χ1v) is 14.3. The average Bonchev–Trinajstić information content (AvgIpc) is 2.89. The minimum Gasteiger partial charge on any atom is -0.461 e. The molecule has 0 aromatic rings. The van der Waals surface area contributed by atoms with Crippen LogP contribution in [-0.2, 0) is 23.9 Å². The smallest absolute Gasteiger partial charge is 0.335 e. The van der Waals surface area contributed by atoms with E-state index in [1.807, 2.05) is 0 Å². The summed E-state index contributed by atoms with van der Waals surface area (Å²) >= 11 is 0. The fourth-order valence-corrected chi connectivity index (χ4v) is 3.43. The zero-order chi connectivity index (χ0) is 29.0. The number of hydrogen-bond acceptors (Lipinski definition) is 10. The van der Waals surface area contributed by atoms with Gasteiger partial charge in [-0.1, -0.05) is 96.8 Å². The SMILES string of the molecule is CC(O)CO.CCCCCCCCCCCCCCCCCC(=O)OC(=O)CC(O)C(=O)OCC(O)CO. The monoisotopic (exact) mass is 550 g/mol. The van der Waals surface area contributed by atoms with Gasteiger partial charge in [0.05, 0.1) is 25.7 Å². The third-order valence-electron chi connectivity index (χ3n) is 5.74. The molecular formula is C28H54O10. The van der Waals surface area contributed by atoms with Crippen molar-refractivity contribution in [1.29, 1.82) is 0 Å². The van der Waals surface area contributed by atoms with E-state index >= 15 is 0 Å². The van der Waals surface area contributed by atoms with Crippen LogP contribution in [0.15, 0.2) is 0 Å². The number of unbranched alkanes of at least 4 members (excludes halogenated alkanes) is 14. The Bertz CT molecular complexity index is 568. The second-order valence-corrected chi connectivity index (χ2v) is 9.76. The number of hydrogen-bond donors (Lipinski definition) is 5. The molecule has 0 fully saturated rings. The summed E-state index contributed by atoms with van der Waals surface area (Å²) in [6.07, 6.45) is 14.1. The van der Waals surface area contributed by atoms with E-state index in [-0.39, 0.29) is 13.0 Å². The van der Waals surface area contributed by atoms with Crippen molar-refractivity contribution in [2.45, 2.75) is 141 Å². The lowest BCUT2D eigenvalue weighted by molar-refractivity contribution is -0.167. The second kappa shape index (κ2) is 28.4. The summed E-state index contributed by atoms with van der Waals surface area (Å²) in [4.78, 5) is 34.8. The Morgan fingerprint density at radius 2 is 1.08 bits per heavy atom. The quantitative estimate of drug-likeness (QED) is 0.0722. The molecule has 0 spiro atoms. The highest BCUT2D eigenvalue weighted by Crippen LogP contribution is 2.14. The van der Waals surface area contributed by atoms with E-state index in [0.717, 1.165) is 19.3 Å². The molecule has 0 aromatic heterocycles. The zero-order valence-corrected chi connectivity index (χ0v) is 23.7. The molecule has 0 aliphatic heterocycles. The van der Waals surface area contributed by atoms with E-state index < -0.39 is 55.9 Å². The Morgan fingerprint density at radius 1 is 0.658 bits per heavy atom. The van der Waals surface area contributed by atoms with Gasteiger partial charge >= 0.3 is 17.9 Å². The Morgan fingerprint density at radius 3 is 1.47 bits per heavy atom. The Kier molecular flexibility index (Phi) is 28.8. The van der Waals surface area contributed by atoms with E-state index in [1.54, 1.807) is 0 Å². The number of aliphatic hydroxyl groups excluding tert-OH is 5. The van der Waals surface area contributed by atoms with E-state index in [4.69, 9.17) is 20.4 Å². The Labute approximate surface area is 228 Å². The van der Waals surface area contributed by atoms with Crippen LogP contribution in [0, 0.1) is 0 Å². The summed E-state index contributed by atoms with van der Waals surface area (Å²) in [5, 5.41) is 43.3. The molecule has 0 saturated heterocycles. The van der Waals surface area contributed by atoms with Crippen LogP contribution in [0.5, 0.6) is 0 Å². The summed E-state index contributed by atoms with van der Waals surface area (Å²) < 4.78 is 9.13. The van der Waals surface area contributed by atoms with Crippen LogP contribution < -0.4 is 0 Å². The van der Waals surface area contributed by atoms with E-state index in [9.17, 15) is 19.5 Å². The molecule has 226 valence electrons. The predicted molar refractivity (Wildman–Crippen MR) is 144 cm³/mol. The van der Waals surface area contributed by atoms with Gasteiger partial charge in [-0.05, 0) is 13.3 Å². The summed E-state index contributed by atoms with van der Waals surface area (Å²) in [6.45, 7) is 2.53. The van der Waals surface area contributed by atoms with E-state index in [1.165, 1.54) is 77.6 Å². The van der Waals surface area contributed by atoms with E-state index in [2.05, 4.69) is 16.4 Å². The number of esters is 3. The van der Waals surface area contributed by atoms with E-state index in [0.29, 0.717) is 6.42 Å². The van der Waals surface area contributed by atoms with Gasteiger partial charge in [-0.2, -0.15) is 0 Å². The van der Waals surface area contributed by atoms with Gasteiger partial charge in [0.25, 0.3) is 0 Å². The lowest BCUT2D eigenvalue weighted by Crippen LogP contribution is -2.31. The van der Waals surface area contributed by atoms with Crippen molar-refractivity contribution in [1.82, 2.24) is 0 Å². The van der Waals surface area contributed by atoms with Crippen LogP contribution in [0.1, 0.15) is 123 Å². The first-order valence-electron chi connectivity index (χ1n) is 14.3. The van der Waals surface area contributed by atoms with Crippen molar-refractivity contribution >= 4 is 17.9 Å². The van der Waals surface area contributed by atoms with Gasteiger partial charge in [0.2, 0.25) is 0 Å². The van der Waals surface area contributed by atoms with Gasteiger partial charge in [0.1, 0.15) is 12.7 Å². The standard InChI is InChI=1S/C25H46O8.C3H8O2/c1-2-3-4-5-6-7-8-9-10-11-12-13-14-15-16-17-23(29)33-24(30)18-22(28)25(31)32-20-21(27)19-26;1-3(5)2-4/h21-22,26-28H,2-20H2,1H3;3-5H,2H2,1H3. The highest BCUT2D eigenvalue weighted by molar-refractivity contribution is 5.88. The molecule has 0 radical (unpaired) electrons. The molecular weight excluding hydrogens is 496 g/mol. The van der Waals surface area contributed by atoms with Crippen molar-refractivity contribution in [3.63, 3.8) is 0 Å². The number of carbonyl (C=O) groups excluding carboxylic acids is 3. The first kappa shape index (κ1) is 38.6. The van der Waals surface area contributed by atoms with Gasteiger partial charge in [-0.25, -0.2) is 4.79 Å². The molecule has 0 aliphatic rings. The number of rotatable bonds is 23. The molecule has 38 heavy (non-hydrogen) atoms. The fourth-order valence-electron chi connectivity index (χ4n) is 3.43. The maximum atomic E-state index is 11.7. The normalized spacial score (nSPS) is 13.1. The summed E-state index contributed by atoms with van der Waals surface area (Å²) in [6, 6.07) is 0. The van der Waals surface area contributed by atoms with Crippen LogP contribution in [-0.4, -0.2) is 81.6 Å². The van der Waals surface area contributed by atoms with Crippen molar-refractivity contribution in [3.05, 3.63) is 0 Å². The van der Waals surface area contributed by atoms with Crippen LogP contribution in [0.4, 0.5) is 0 Å². The van der Waals surface area contributed by atoms with Crippen LogP contribution in [0.3, 0.4) is 0 Å². The van der Waals surface area contributed by atoms with Crippen LogP contribution in [0.25, 0.3) is 0 Å². The van der Waals surface area contributed by atoms with Crippen molar-refractivity contribution in [2.24, 2.45) is 0 Å². The van der Waals surface area contributed by atoms with Gasteiger partial charge < -0.3 is 35.0 Å². The molecule has 0 rings (SSSR count). The van der Waals surface area contributed by atoms with Crippen LogP contribution in [0.2, 0.25) is 0 Å². The molecule has 0 saturated carbocycles. The molecule has 3 atom stereocenters. The zero-order valence-electron chi connectivity index (χ0n) is 23.7. The van der Waals surface area contributed by atoms with Crippen LogP contribution >= 0.6 is 0 Å². The molecule has 0 aliphatic carbocycles. The maximum absolute atomic E-state index is 11.7. The molecule has 10 heteroatoms. The van der Waals surface area contributed by atoms with Gasteiger partial charge in [0.15, 0.2) is 6.10 Å². The largest absolute Gasteiger partial charge is 0.461 e. The molecule has 5 N–H and O–H groups in total. The summed E-state index contributed by atoms with van der Waals surface area (Å²) in [5.41, 5.74) is 0. The molecule has 3 unspecified atom stereocenters. The predicted octanol–water partition coefficient (Wildman–Crippen LogP) is 3.32. The van der Waals surface area contributed by atoms with Crippen molar-refractivity contribution < 1.29 is 49.4 Å². The number of ether oxygens (including phenoxy) is 2. The fraction of sp³-hybridized carbons (Fsp3) is 0.893. The number of carbonyl (C=O) groups is 3. The molecule has 0 bridgehead atoms. The minimum absolute atomic E-state index is 0.118. The number of aliphatic hydroxyl groups is 5. The minimum atomic E-state index is -1.79. The molecule has 0 heterocycles. The first-order chi connectivity index (χ1) is 18.2. The maximum Gasteiger partial charge on any atom is 0.335 e. The lowest BCUT2D eigenvalue weighted by atomic mass is 10.0. The van der Waals surface area contributed by atoms with Gasteiger partial charge in [-0.15, -0.1) is 0 Å². The average molecular weight is 551 g/mol. The highest BCUT2D eigenvalue weighted by Gasteiger charge is 2.23. The lowest BCUT2D eigenvalue weighted by Gasteiger charge is -2.12. The third-order valence-corrected chi connectivity index (χ3v) is 5.74. The van der Waals surface area contributed by atoms with Crippen molar-refractivity contribution in [2.75, 3.05) is 19.8 Å². The second-order valence-electron chi connectivity index (χ2n) is 9.76. The van der Waals surface area contributed by atoms with Crippen molar-refractivity contribution in [3.8, 4) is 0 Å².